The second kappa shape index (κ2) is 11.0. The molecule has 0 bridgehead atoms. The van der Waals surface area contributed by atoms with Crippen LogP contribution in [-0.2, 0) is 4.79 Å². The smallest absolute Gasteiger partial charge is 0.314 e. The summed E-state index contributed by atoms with van der Waals surface area (Å²) in [6, 6.07) is 12.2. The third kappa shape index (κ3) is 5.17. The first-order valence-corrected chi connectivity index (χ1v) is 11.8. The lowest BCUT2D eigenvalue weighted by molar-refractivity contribution is -0.140. The molecular formula is C28H26F4O4. The molecule has 1 aliphatic carbocycles. The molecule has 190 valence electrons. The van der Waals surface area contributed by atoms with Gasteiger partial charge in [-0.15, -0.1) is 0 Å². The third-order valence-corrected chi connectivity index (χ3v) is 6.54. The van der Waals surface area contributed by atoms with E-state index in [4.69, 9.17) is 14.2 Å². The van der Waals surface area contributed by atoms with Gasteiger partial charge in [0.05, 0.1) is 19.6 Å². The Bertz CT molecular complexity index is 1240. The number of hydrogen-bond donors (Lipinski definition) is 0. The van der Waals surface area contributed by atoms with Gasteiger partial charge in [-0.2, -0.15) is 8.78 Å². The lowest BCUT2D eigenvalue weighted by atomic mass is 9.78. The molecule has 36 heavy (non-hydrogen) atoms. The molecule has 3 aromatic carbocycles. The summed E-state index contributed by atoms with van der Waals surface area (Å²) in [7, 11) is 1.52. The van der Waals surface area contributed by atoms with Gasteiger partial charge in [0.25, 0.3) is 0 Å². The average Bonchev–Trinajstić information content (AvgIpc) is 2.90. The van der Waals surface area contributed by atoms with Crippen molar-refractivity contribution in [1.82, 2.24) is 0 Å². The van der Waals surface area contributed by atoms with Crippen LogP contribution in [0.15, 0.2) is 48.5 Å². The van der Waals surface area contributed by atoms with Gasteiger partial charge in [0.15, 0.2) is 23.1 Å². The van der Waals surface area contributed by atoms with Gasteiger partial charge in [0, 0.05) is 5.56 Å². The first-order valence-electron chi connectivity index (χ1n) is 11.8. The molecule has 4 rings (SSSR count). The van der Waals surface area contributed by atoms with Gasteiger partial charge in [-0.1, -0.05) is 24.3 Å². The van der Waals surface area contributed by atoms with E-state index in [1.165, 1.54) is 13.2 Å². The summed E-state index contributed by atoms with van der Waals surface area (Å²) in [6.07, 6.45) is 1.56. The predicted octanol–water partition coefficient (Wildman–Crippen LogP) is 7.20. The van der Waals surface area contributed by atoms with E-state index in [-0.39, 0.29) is 29.4 Å². The van der Waals surface area contributed by atoms with Crippen LogP contribution in [0.25, 0.3) is 11.1 Å². The Labute approximate surface area is 206 Å². The number of benzene rings is 3. The van der Waals surface area contributed by atoms with Crippen LogP contribution in [0, 0.1) is 29.2 Å². The van der Waals surface area contributed by atoms with Crippen LogP contribution >= 0.6 is 0 Å². The minimum absolute atomic E-state index is 0.154. The Morgan fingerprint density at radius 1 is 0.806 bits per heavy atom. The topological polar surface area (TPSA) is 44.8 Å². The molecule has 0 N–H and O–H groups in total. The highest BCUT2D eigenvalue weighted by molar-refractivity contribution is 5.75. The van der Waals surface area contributed by atoms with Crippen LogP contribution in [0.2, 0.25) is 0 Å². The minimum Gasteiger partial charge on any atom is -0.497 e. The van der Waals surface area contributed by atoms with E-state index in [1.54, 1.807) is 43.3 Å². The SMILES string of the molecule is CCOc1ccc(OC(=O)C2CCC(c3ccc(-c4ccc(OC)cc4)c(F)c3F)CC2)c(F)c1F. The number of carbonyl (C=O) groups is 1. The maximum Gasteiger partial charge on any atom is 0.314 e. The lowest BCUT2D eigenvalue weighted by Gasteiger charge is -2.28. The highest BCUT2D eigenvalue weighted by Gasteiger charge is 2.31. The number of carbonyl (C=O) groups excluding carboxylic acids is 1. The molecule has 3 aromatic rings. The molecule has 4 nitrogen and oxygen atoms in total. The lowest BCUT2D eigenvalue weighted by Crippen LogP contribution is -2.26. The Hall–Kier alpha value is -3.55. The third-order valence-electron chi connectivity index (χ3n) is 6.54. The summed E-state index contributed by atoms with van der Waals surface area (Å²) in [5, 5.41) is 0. The van der Waals surface area contributed by atoms with Gasteiger partial charge in [0.1, 0.15) is 5.75 Å². The number of hydrogen-bond acceptors (Lipinski definition) is 4. The number of halogens is 4. The molecule has 0 unspecified atom stereocenters. The first kappa shape index (κ1) is 25.5. The Morgan fingerprint density at radius 3 is 2.08 bits per heavy atom. The van der Waals surface area contributed by atoms with Crippen LogP contribution in [0.1, 0.15) is 44.1 Å². The zero-order valence-electron chi connectivity index (χ0n) is 20.0. The Balaban J connectivity index is 1.41. The predicted molar refractivity (Wildman–Crippen MR) is 126 cm³/mol. The van der Waals surface area contributed by atoms with Crippen molar-refractivity contribution in [2.45, 2.75) is 38.5 Å². The van der Waals surface area contributed by atoms with Crippen LogP contribution in [0.5, 0.6) is 17.2 Å². The summed E-state index contributed by atoms with van der Waals surface area (Å²) >= 11 is 0. The quantitative estimate of drug-likeness (QED) is 0.195. The molecule has 0 amide bonds. The normalized spacial score (nSPS) is 17.5. The van der Waals surface area contributed by atoms with Crippen molar-refractivity contribution in [2.24, 2.45) is 5.92 Å². The van der Waals surface area contributed by atoms with Crippen molar-refractivity contribution in [3.8, 4) is 28.4 Å². The standard InChI is InChI=1S/C28H26F4O4/c1-3-35-22-14-15-23(27(32)26(22)31)36-28(33)18-6-4-16(5-7-18)20-12-13-21(25(30)24(20)29)17-8-10-19(34-2)11-9-17/h8-16,18H,3-7H2,1-2H3. The summed E-state index contributed by atoms with van der Waals surface area (Å²) in [6.45, 7) is 1.80. The molecule has 0 radical (unpaired) electrons. The van der Waals surface area contributed by atoms with Crippen molar-refractivity contribution in [3.63, 3.8) is 0 Å². The van der Waals surface area contributed by atoms with Crippen molar-refractivity contribution < 1.29 is 36.6 Å². The van der Waals surface area contributed by atoms with Gasteiger partial charge < -0.3 is 14.2 Å². The highest BCUT2D eigenvalue weighted by atomic mass is 19.2. The van der Waals surface area contributed by atoms with Crippen molar-refractivity contribution >= 4 is 5.97 Å². The monoisotopic (exact) mass is 502 g/mol. The molecule has 1 saturated carbocycles. The van der Waals surface area contributed by atoms with E-state index >= 15 is 4.39 Å². The Kier molecular flexibility index (Phi) is 7.82. The molecular weight excluding hydrogens is 476 g/mol. The molecule has 1 aliphatic rings. The van der Waals surface area contributed by atoms with E-state index < -0.39 is 40.9 Å². The van der Waals surface area contributed by atoms with Crippen LogP contribution in [-0.4, -0.2) is 19.7 Å². The summed E-state index contributed by atoms with van der Waals surface area (Å²) in [5.74, 6) is -6.01. The van der Waals surface area contributed by atoms with Crippen molar-refractivity contribution in [1.29, 1.82) is 0 Å². The van der Waals surface area contributed by atoms with E-state index in [0.717, 1.165) is 6.07 Å². The molecule has 0 atom stereocenters. The van der Waals surface area contributed by atoms with Gasteiger partial charge in [0.2, 0.25) is 11.6 Å². The summed E-state index contributed by atoms with van der Waals surface area (Å²) in [5.41, 5.74) is 0.945. The zero-order valence-corrected chi connectivity index (χ0v) is 20.0. The van der Waals surface area contributed by atoms with Gasteiger partial charge in [-0.25, -0.2) is 8.78 Å². The molecule has 0 heterocycles. The molecule has 8 heteroatoms. The van der Waals surface area contributed by atoms with Crippen LogP contribution in [0.3, 0.4) is 0 Å². The second-order valence-electron chi connectivity index (χ2n) is 8.65. The van der Waals surface area contributed by atoms with Crippen molar-refractivity contribution in [2.75, 3.05) is 13.7 Å². The maximum atomic E-state index is 15.0. The summed E-state index contributed by atoms with van der Waals surface area (Å²) in [4.78, 5) is 12.6. The van der Waals surface area contributed by atoms with Crippen molar-refractivity contribution in [3.05, 3.63) is 77.4 Å². The fourth-order valence-electron chi connectivity index (χ4n) is 4.56. The summed E-state index contributed by atoms with van der Waals surface area (Å²) < 4.78 is 73.5. The Morgan fingerprint density at radius 2 is 1.44 bits per heavy atom. The largest absolute Gasteiger partial charge is 0.497 e. The number of methoxy groups -OCH3 is 1. The van der Waals surface area contributed by atoms with Gasteiger partial charge in [-0.05, 0) is 73.9 Å². The molecule has 0 saturated heterocycles. The first-order chi connectivity index (χ1) is 17.3. The fraction of sp³-hybridized carbons (Fsp3) is 0.321. The maximum absolute atomic E-state index is 15.0. The molecule has 0 spiro atoms. The molecule has 0 aromatic heterocycles. The zero-order chi connectivity index (χ0) is 25.8. The van der Waals surface area contributed by atoms with E-state index in [9.17, 15) is 18.0 Å². The van der Waals surface area contributed by atoms with E-state index in [1.807, 2.05) is 0 Å². The van der Waals surface area contributed by atoms with E-state index in [0.29, 0.717) is 37.0 Å². The highest BCUT2D eigenvalue weighted by Crippen LogP contribution is 2.40. The van der Waals surface area contributed by atoms with E-state index in [2.05, 4.69) is 0 Å². The number of rotatable bonds is 7. The van der Waals surface area contributed by atoms with Gasteiger partial charge >= 0.3 is 5.97 Å². The minimum atomic E-state index is -1.29. The number of ether oxygens (including phenoxy) is 3. The van der Waals surface area contributed by atoms with Crippen LogP contribution in [0.4, 0.5) is 17.6 Å². The van der Waals surface area contributed by atoms with Gasteiger partial charge in [-0.3, -0.25) is 4.79 Å². The second-order valence-corrected chi connectivity index (χ2v) is 8.65. The van der Waals surface area contributed by atoms with Crippen LogP contribution < -0.4 is 14.2 Å². The average molecular weight is 503 g/mol. The number of esters is 1. The molecule has 1 fully saturated rings. The molecule has 0 aliphatic heterocycles. The fourth-order valence-corrected chi connectivity index (χ4v) is 4.56.